The maximum Gasteiger partial charge on any atom is 0.123 e. The van der Waals surface area contributed by atoms with Crippen LogP contribution in [0.15, 0.2) is 24.3 Å². The van der Waals surface area contributed by atoms with Crippen molar-refractivity contribution >= 4 is 0 Å². The minimum absolute atomic E-state index is 0.191. The zero-order valence-corrected chi connectivity index (χ0v) is 10.2. The van der Waals surface area contributed by atoms with E-state index in [-0.39, 0.29) is 11.9 Å². The van der Waals surface area contributed by atoms with Crippen LogP contribution in [0.25, 0.3) is 0 Å². The summed E-state index contributed by atoms with van der Waals surface area (Å²) in [5, 5.41) is 3.46. The van der Waals surface area contributed by atoms with E-state index in [1.165, 1.54) is 12.1 Å². The van der Waals surface area contributed by atoms with Crippen LogP contribution in [0.5, 0.6) is 0 Å². The molecule has 1 N–H and O–H groups in total. The first-order valence-electron chi connectivity index (χ1n) is 5.67. The van der Waals surface area contributed by atoms with Gasteiger partial charge < -0.3 is 10.1 Å². The normalized spacial score (nSPS) is 14.8. The van der Waals surface area contributed by atoms with Crippen molar-refractivity contribution in [2.45, 2.75) is 32.4 Å². The van der Waals surface area contributed by atoms with Gasteiger partial charge in [-0.05, 0) is 31.0 Å². The minimum atomic E-state index is -0.191. The summed E-state index contributed by atoms with van der Waals surface area (Å²) in [6.07, 6.45) is 0.972. The van der Waals surface area contributed by atoms with Crippen molar-refractivity contribution in [1.82, 2.24) is 5.32 Å². The predicted octanol–water partition coefficient (Wildman–Crippen LogP) is 2.90. The van der Waals surface area contributed by atoms with Gasteiger partial charge in [0.25, 0.3) is 0 Å². The van der Waals surface area contributed by atoms with E-state index in [1.807, 2.05) is 12.1 Å². The average molecular weight is 225 g/mol. The van der Waals surface area contributed by atoms with Gasteiger partial charge in [-0.25, -0.2) is 4.39 Å². The maximum atomic E-state index is 12.8. The summed E-state index contributed by atoms with van der Waals surface area (Å²) >= 11 is 0. The van der Waals surface area contributed by atoms with E-state index >= 15 is 0 Å². The smallest absolute Gasteiger partial charge is 0.123 e. The van der Waals surface area contributed by atoms with Crippen molar-refractivity contribution in [3.63, 3.8) is 0 Å². The van der Waals surface area contributed by atoms with E-state index in [9.17, 15) is 4.39 Å². The van der Waals surface area contributed by atoms with Gasteiger partial charge in [0.15, 0.2) is 0 Å². The molecule has 0 heterocycles. The third-order valence-corrected chi connectivity index (χ3v) is 2.58. The minimum Gasteiger partial charge on any atom is -0.383 e. The van der Waals surface area contributed by atoms with Crippen LogP contribution in [0, 0.1) is 5.82 Å². The van der Waals surface area contributed by atoms with E-state index in [0.29, 0.717) is 12.6 Å². The highest BCUT2D eigenvalue weighted by Gasteiger charge is 2.12. The Morgan fingerprint density at radius 2 is 1.94 bits per heavy atom. The lowest BCUT2D eigenvalue weighted by molar-refractivity contribution is 0.166. The first-order chi connectivity index (χ1) is 7.67. The van der Waals surface area contributed by atoms with E-state index < -0.39 is 0 Å². The molecule has 0 aromatic heterocycles. The summed E-state index contributed by atoms with van der Waals surface area (Å²) in [5.41, 5.74) is 1.12. The van der Waals surface area contributed by atoms with E-state index in [1.54, 1.807) is 7.11 Å². The van der Waals surface area contributed by atoms with Gasteiger partial charge in [0.05, 0.1) is 6.61 Å². The zero-order valence-electron chi connectivity index (χ0n) is 10.2. The van der Waals surface area contributed by atoms with Crippen LogP contribution >= 0.6 is 0 Å². The Kier molecular flexibility index (Phi) is 5.43. The fourth-order valence-corrected chi connectivity index (χ4v) is 1.79. The van der Waals surface area contributed by atoms with E-state index in [4.69, 9.17) is 4.74 Å². The van der Waals surface area contributed by atoms with E-state index in [2.05, 4.69) is 19.2 Å². The first kappa shape index (κ1) is 13.1. The number of methoxy groups -OCH3 is 1. The number of rotatable bonds is 6. The fraction of sp³-hybridized carbons (Fsp3) is 0.538. The molecule has 0 aliphatic carbocycles. The number of hydrogen-bond acceptors (Lipinski definition) is 2. The van der Waals surface area contributed by atoms with Crippen molar-refractivity contribution < 1.29 is 9.13 Å². The van der Waals surface area contributed by atoms with Crippen molar-refractivity contribution in [1.29, 1.82) is 0 Å². The summed E-state index contributed by atoms with van der Waals surface area (Å²) < 4.78 is 17.9. The summed E-state index contributed by atoms with van der Waals surface area (Å²) in [6.45, 7) is 4.87. The molecular weight excluding hydrogens is 205 g/mol. The van der Waals surface area contributed by atoms with E-state index in [0.717, 1.165) is 12.0 Å². The molecule has 1 rings (SSSR count). The van der Waals surface area contributed by atoms with Gasteiger partial charge in [-0.3, -0.25) is 0 Å². The number of halogens is 1. The molecule has 0 fully saturated rings. The van der Waals surface area contributed by atoms with Gasteiger partial charge >= 0.3 is 0 Å². The van der Waals surface area contributed by atoms with Gasteiger partial charge in [0.1, 0.15) is 5.82 Å². The molecule has 2 atom stereocenters. The second-order valence-corrected chi connectivity index (χ2v) is 4.04. The average Bonchev–Trinajstić information content (AvgIpc) is 2.27. The molecule has 0 saturated heterocycles. The Labute approximate surface area is 96.8 Å². The molecule has 0 radical (unpaired) electrons. The molecule has 1 aromatic rings. The SMILES string of the molecule is CCC(NC(C)COC)c1ccc(F)cc1. The summed E-state index contributed by atoms with van der Waals surface area (Å²) in [7, 11) is 1.69. The van der Waals surface area contributed by atoms with Crippen molar-refractivity contribution in [3.05, 3.63) is 35.6 Å². The Morgan fingerprint density at radius 3 is 2.44 bits per heavy atom. The molecule has 0 aliphatic rings. The molecular formula is C13H20FNO. The van der Waals surface area contributed by atoms with Crippen LogP contribution in [0.1, 0.15) is 31.9 Å². The molecule has 0 amide bonds. The molecule has 1 aromatic carbocycles. The Bertz CT molecular complexity index is 299. The van der Waals surface area contributed by atoms with Gasteiger partial charge in [-0.15, -0.1) is 0 Å². The molecule has 0 aliphatic heterocycles. The monoisotopic (exact) mass is 225 g/mol. The molecule has 0 spiro atoms. The summed E-state index contributed by atoms with van der Waals surface area (Å²) in [5.74, 6) is -0.191. The lowest BCUT2D eigenvalue weighted by atomic mass is 10.0. The molecule has 2 nitrogen and oxygen atoms in total. The highest BCUT2D eigenvalue weighted by atomic mass is 19.1. The Balaban J connectivity index is 2.63. The third kappa shape index (κ3) is 3.91. The lowest BCUT2D eigenvalue weighted by Crippen LogP contribution is -2.33. The fourth-order valence-electron chi connectivity index (χ4n) is 1.79. The zero-order chi connectivity index (χ0) is 12.0. The number of ether oxygens (including phenoxy) is 1. The second kappa shape index (κ2) is 6.61. The molecule has 0 saturated carbocycles. The number of nitrogens with one attached hydrogen (secondary N) is 1. The largest absolute Gasteiger partial charge is 0.383 e. The highest BCUT2D eigenvalue weighted by molar-refractivity contribution is 5.19. The lowest BCUT2D eigenvalue weighted by Gasteiger charge is -2.22. The van der Waals surface area contributed by atoms with Crippen molar-refractivity contribution in [2.24, 2.45) is 0 Å². The predicted molar refractivity (Wildman–Crippen MR) is 63.9 cm³/mol. The number of benzene rings is 1. The van der Waals surface area contributed by atoms with Crippen LogP contribution in [0.3, 0.4) is 0 Å². The Hall–Kier alpha value is -0.930. The molecule has 3 heteroatoms. The molecule has 2 unspecified atom stereocenters. The quantitative estimate of drug-likeness (QED) is 0.803. The molecule has 0 bridgehead atoms. The van der Waals surface area contributed by atoms with Gasteiger partial charge in [-0.2, -0.15) is 0 Å². The van der Waals surface area contributed by atoms with Crippen molar-refractivity contribution in [3.8, 4) is 0 Å². The van der Waals surface area contributed by atoms with Gasteiger partial charge in [-0.1, -0.05) is 19.1 Å². The Morgan fingerprint density at radius 1 is 1.31 bits per heavy atom. The van der Waals surface area contributed by atoms with Crippen LogP contribution in [0.4, 0.5) is 4.39 Å². The van der Waals surface area contributed by atoms with Crippen molar-refractivity contribution in [2.75, 3.05) is 13.7 Å². The standard InChI is InChI=1S/C13H20FNO/c1-4-13(15-10(2)9-16-3)11-5-7-12(14)8-6-11/h5-8,10,13,15H,4,9H2,1-3H3. The summed E-state index contributed by atoms with van der Waals surface area (Å²) in [6, 6.07) is 7.21. The molecule has 16 heavy (non-hydrogen) atoms. The highest BCUT2D eigenvalue weighted by Crippen LogP contribution is 2.17. The second-order valence-electron chi connectivity index (χ2n) is 4.04. The van der Waals surface area contributed by atoms with Crippen LogP contribution < -0.4 is 5.32 Å². The number of hydrogen-bond donors (Lipinski definition) is 1. The topological polar surface area (TPSA) is 21.3 Å². The third-order valence-electron chi connectivity index (χ3n) is 2.58. The maximum absolute atomic E-state index is 12.8. The molecule has 90 valence electrons. The van der Waals surface area contributed by atoms with Gasteiger partial charge in [0, 0.05) is 19.2 Å². The van der Waals surface area contributed by atoms with Crippen LogP contribution in [0.2, 0.25) is 0 Å². The first-order valence-corrected chi connectivity index (χ1v) is 5.67. The summed E-state index contributed by atoms with van der Waals surface area (Å²) in [4.78, 5) is 0. The van der Waals surface area contributed by atoms with Crippen LogP contribution in [-0.2, 0) is 4.74 Å². The van der Waals surface area contributed by atoms with Crippen LogP contribution in [-0.4, -0.2) is 19.8 Å². The van der Waals surface area contributed by atoms with Gasteiger partial charge in [0.2, 0.25) is 0 Å².